The van der Waals surface area contributed by atoms with Gasteiger partial charge in [0.1, 0.15) is 11.3 Å². The van der Waals surface area contributed by atoms with Crippen LogP contribution in [0.25, 0.3) is 33.6 Å². The number of benzene rings is 1. The second-order valence-electron chi connectivity index (χ2n) is 8.35. The molecule has 4 heterocycles. The number of hydrogen-bond acceptors (Lipinski definition) is 7. The number of sulfone groups is 1. The van der Waals surface area contributed by atoms with E-state index in [-0.39, 0.29) is 17.0 Å². The number of pyridine rings is 2. The van der Waals surface area contributed by atoms with E-state index in [9.17, 15) is 13.2 Å². The molecule has 1 aliphatic heterocycles. The van der Waals surface area contributed by atoms with Gasteiger partial charge in [-0.1, -0.05) is 12.1 Å². The Morgan fingerprint density at radius 1 is 1.09 bits per heavy atom. The Balaban J connectivity index is 1.50. The lowest BCUT2D eigenvalue weighted by Gasteiger charge is -2.31. The first-order chi connectivity index (χ1) is 16.3. The number of morpholine rings is 1. The lowest BCUT2D eigenvalue weighted by atomic mass is 10.0. The average Bonchev–Trinajstić information content (AvgIpc) is 3.28. The van der Waals surface area contributed by atoms with Gasteiger partial charge in [0.05, 0.1) is 12.7 Å². The maximum atomic E-state index is 13.1. The molecule has 0 saturated carbocycles. The molecule has 9 heteroatoms. The Morgan fingerprint density at radius 2 is 1.94 bits per heavy atom. The zero-order valence-corrected chi connectivity index (χ0v) is 19.6. The molecule has 1 amide bonds. The summed E-state index contributed by atoms with van der Waals surface area (Å²) in [7, 11) is -3.38. The van der Waals surface area contributed by atoms with Crippen molar-refractivity contribution in [1.82, 2.24) is 14.9 Å². The number of carbonyl (C=O) groups is 1. The van der Waals surface area contributed by atoms with Crippen LogP contribution in [0.5, 0.6) is 0 Å². The van der Waals surface area contributed by atoms with Gasteiger partial charge in [-0.05, 0) is 42.8 Å². The number of nitrogens with zero attached hydrogens (tertiary/aromatic N) is 3. The molecule has 1 saturated heterocycles. The molecular formula is C25H23N3O5S. The van der Waals surface area contributed by atoms with E-state index in [0.29, 0.717) is 47.7 Å². The molecule has 5 rings (SSSR count). The molecule has 1 fully saturated rings. The Morgan fingerprint density at radius 3 is 2.68 bits per heavy atom. The second kappa shape index (κ2) is 8.66. The molecule has 34 heavy (non-hydrogen) atoms. The predicted molar refractivity (Wildman–Crippen MR) is 127 cm³/mol. The standard InChI is InChI=1S/C25H23N3O5S/c1-16-15-28(10-11-32-16)25(29)18-5-3-4-17(12-18)20-8-9-26-21-13-22(33-24(20)21)19-6-7-23(27-14-19)34(2,30)31/h3-9,12-14,16H,10-11,15H2,1-2H3. The minimum atomic E-state index is -3.38. The highest BCUT2D eigenvalue weighted by Gasteiger charge is 2.23. The van der Waals surface area contributed by atoms with E-state index in [2.05, 4.69) is 9.97 Å². The van der Waals surface area contributed by atoms with Crippen LogP contribution in [0.4, 0.5) is 0 Å². The first-order valence-corrected chi connectivity index (χ1v) is 12.7. The summed E-state index contributed by atoms with van der Waals surface area (Å²) in [6.07, 6.45) is 4.30. The lowest BCUT2D eigenvalue weighted by molar-refractivity contribution is -0.0124. The summed E-state index contributed by atoms with van der Waals surface area (Å²) in [4.78, 5) is 23.3. The number of fused-ring (bicyclic) bond motifs is 1. The van der Waals surface area contributed by atoms with Crippen LogP contribution < -0.4 is 0 Å². The van der Waals surface area contributed by atoms with Crippen LogP contribution in [-0.4, -0.2) is 61.2 Å². The Labute approximate surface area is 197 Å². The predicted octanol–water partition coefficient (Wildman–Crippen LogP) is 3.82. The molecular weight excluding hydrogens is 454 g/mol. The van der Waals surface area contributed by atoms with Crippen molar-refractivity contribution in [3.8, 4) is 22.5 Å². The molecule has 4 aromatic rings. The molecule has 8 nitrogen and oxygen atoms in total. The van der Waals surface area contributed by atoms with Crippen molar-refractivity contribution in [3.05, 3.63) is 66.5 Å². The Bertz CT molecular complexity index is 1480. The molecule has 1 aromatic carbocycles. The number of furan rings is 1. The van der Waals surface area contributed by atoms with Crippen LogP contribution in [0.15, 0.2) is 70.4 Å². The van der Waals surface area contributed by atoms with Gasteiger partial charge in [-0.15, -0.1) is 0 Å². The van der Waals surface area contributed by atoms with Crippen LogP contribution in [0.1, 0.15) is 17.3 Å². The number of hydrogen-bond donors (Lipinski definition) is 0. The summed E-state index contributed by atoms with van der Waals surface area (Å²) >= 11 is 0. The van der Waals surface area contributed by atoms with Crippen LogP contribution in [-0.2, 0) is 14.6 Å². The molecule has 1 atom stereocenters. The van der Waals surface area contributed by atoms with Crippen molar-refractivity contribution >= 4 is 26.8 Å². The fourth-order valence-corrected chi connectivity index (χ4v) is 4.62. The molecule has 0 N–H and O–H groups in total. The third-order valence-electron chi connectivity index (χ3n) is 5.76. The molecule has 0 bridgehead atoms. The quantitative estimate of drug-likeness (QED) is 0.440. The topological polar surface area (TPSA) is 103 Å². The fourth-order valence-electron chi connectivity index (χ4n) is 4.06. The van der Waals surface area contributed by atoms with Gasteiger partial charge < -0.3 is 14.1 Å². The van der Waals surface area contributed by atoms with Gasteiger partial charge in [0.25, 0.3) is 5.91 Å². The van der Waals surface area contributed by atoms with Crippen LogP contribution in [0.3, 0.4) is 0 Å². The summed E-state index contributed by atoms with van der Waals surface area (Å²) in [5, 5.41) is 0.00215. The third kappa shape index (κ3) is 4.32. The van der Waals surface area contributed by atoms with Crippen molar-refractivity contribution in [2.24, 2.45) is 0 Å². The molecule has 1 unspecified atom stereocenters. The largest absolute Gasteiger partial charge is 0.454 e. The molecule has 0 spiro atoms. The highest BCUT2D eigenvalue weighted by molar-refractivity contribution is 7.90. The fraction of sp³-hybridized carbons (Fsp3) is 0.240. The number of rotatable bonds is 4. The van der Waals surface area contributed by atoms with E-state index >= 15 is 0 Å². The summed E-state index contributed by atoms with van der Waals surface area (Å²) in [5.41, 5.74) is 4.12. The normalized spacial score (nSPS) is 16.6. The average molecular weight is 478 g/mol. The zero-order chi connectivity index (χ0) is 23.9. The van der Waals surface area contributed by atoms with Crippen molar-refractivity contribution in [3.63, 3.8) is 0 Å². The van der Waals surface area contributed by atoms with Gasteiger partial charge in [0.2, 0.25) is 0 Å². The summed E-state index contributed by atoms with van der Waals surface area (Å²) in [5.74, 6) is 0.497. The lowest BCUT2D eigenvalue weighted by Crippen LogP contribution is -2.44. The van der Waals surface area contributed by atoms with E-state index in [1.807, 2.05) is 42.2 Å². The SMILES string of the molecule is CC1CN(C(=O)c2cccc(-c3ccnc4cc(-c5ccc(S(C)(=O)=O)nc5)oc34)c2)CCO1. The zero-order valence-electron chi connectivity index (χ0n) is 18.8. The van der Waals surface area contributed by atoms with Gasteiger partial charge >= 0.3 is 0 Å². The Kier molecular flexibility index (Phi) is 5.66. The monoisotopic (exact) mass is 477 g/mol. The van der Waals surface area contributed by atoms with Gasteiger partial charge in [-0.2, -0.15) is 0 Å². The highest BCUT2D eigenvalue weighted by atomic mass is 32.2. The molecule has 1 aliphatic rings. The smallest absolute Gasteiger partial charge is 0.254 e. The van der Waals surface area contributed by atoms with Crippen molar-refractivity contribution in [2.75, 3.05) is 26.0 Å². The van der Waals surface area contributed by atoms with Gasteiger partial charge in [0.15, 0.2) is 20.4 Å². The first-order valence-electron chi connectivity index (χ1n) is 10.9. The maximum absolute atomic E-state index is 13.1. The summed E-state index contributed by atoms with van der Waals surface area (Å²) in [6, 6.07) is 14.2. The highest BCUT2D eigenvalue weighted by Crippen LogP contribution is 2.34. The van der Waals surface area contributed by atoms with E-state index in [1.54, 1.807) is 18.3 Å². The van der Waals surface area contributed by atoms with Crippen molar-refractivity contribution in [2.45, 2.75) is 18.1 Å². The Hall–Kier alpha value is -3.56. The van der Waals surface area contributed by atoms with Crippen molar-refractivity contribution in [1.29, 1.82) is 0 Å². The first kappa shape index (κ1) is 22.2. The minimum absolute atomic E-state index is 0.00215. The van der Waals surface area contributed by atoms with E-state index in [1.165, 1.54) is 12.3 Å². The summed E-state index contributed by atoms with van der Waals surface area (Å²) < 4.78 is 35.1. The molecule has 0 aliphatic carbocycles. The van der Waals surface area contributed by atoms with Crippen LogP contribution in [0.2, 0.25) is 0 Å². The van der Waals surface area contributed by atoms with E-state index in [4.69, 9.17) is 9.15 Å². The maximum Gasteiger partial charge on any atom is 0.254 e. The molecule has 174 valence electrons. The van der Waals surface area contributed by atoms with Crippen molar-refractivity contribution < 1.29 is 22.4 Å². The number of ether oxygens (including phenoxy) is 1. The van der Waals surface area contributed by atoms with Gasteiger partial charge in [-0.25, -0.2) is 13.4 Å². The van der Waals surface area contributed by atoms with Gasteiger partial charge in [0, 0.05) is 54.5 Å². The third-order valence-corrected chi connectivity index (χ3v) is 6.76. The number of amides is 1. The van der Waals surface area contributed by atoms with Gasteiger partial charge in [-0.3, -0.25) is 9.78 Å². The second-order valence-corrected chi connectivity index (χ2v) is 10.3. The number of aromatic nitrogens is 2. The van der Waals surface area contributed by atoms with E-state index < -0.39 is 9.84 Å². The van der Waals surface area contributed by atoms with E-state index in [0.717, 1.165) is 17.4 Å². The van der Waals surface area contributed by atoms with Crippen LogP contribution >= 0.6 is 0 Å². The van der Waals surface area contributed by atoms with Crippen LogP contribution in [0, 0.1) is 0 Å². The molecule has 0 radical (unpaired) electrons. The summed E-state index contributed by atoms with van der Waals surface area (Å²) in [6.45, 7) is 3.63. The number of carbonyl (C=O) groups excluding carboxylic acids is 1. The minimum Gasteiger partial charge on any atom is -0.454 e. The molecule has 3 aromatic heterocycles.